The van der Waals surface area contributed by atoms with Crippen molar-refractivity contribution in [3.05, 3.63) is 51.6 Å². The standard InChI is InChI=1S/C14H10F3IO/c1-9-3-2-4-10(7-9)12-6-5-11(8-13(12)18)19-14(15,16)17/h2-8H,1H3. The van der Waals surface area contributed by atoms with E-state index in [1.54, 1.807) is 6.07 Å². The van der Waals surface area contributed by atoms with Gasteiger partial charge in [0.25, 0.3) is 0 Å². The Balaban J connectivity index is 2.34. The van der Waals surface area contributed by atoms with Crippen LogP contribution in [0, 0.1) is 10.5 Å². The average Bonchev–Trinajstić information content (AvgIpc) is 2.26. The summed E-state index contributed by atoms with van der Waals surface area (Å²) >= 11 is 2.01. The van der Waals surface area contributed by atoms with E-state index in [1.165, 1.54) is 12.1 Å². The van der Waals surface area contributed by atoms with E-state index < -0.39 is 6.36 Å². The first-order valence-corrected chi connectivity index (χ1v) is 6.55. The minimum atomic E-state index is -4.66. The molecule has 0 unspecified atom stereocenters. The quantitative estimate of drug-likeness (QED) is 0.656. The van der Waals surface area contributed by atoms with E-state index in [0.29, 0.717) is 3.57 Å². The van der Waals surface area contributed by atoms with Crippen LogP contribution in [0.15, 0.2) is 42.5 Å². The van der Waals surface area contributed by atoms with Crippen LogP contribution in [0.4, 0.5) is 13.2 Å². The van der Waals surface area contributed by atoms with Crippen molar-refractivity contribution in [2.45, 2.75) is 13.3 Å². The van der Waals surface area contributed by atoms with Crippen LogP contribution in [0.25, 0.3) is 11.1 Å². The molecule has 0 aliphatic rings. The van der Waals surface area contributed by atoms with E-state index in [9.17, 15) is 13.2 Å². The van der Waals surface area contributed by atoms with Crippen LogP contribution in [-0.4, -0.2) is 6.36 Å². The SMILES string of the molecule is Cc1cccc(-c2ccc(OC(F)(F)F)cc2I)c1. The van der Waals surface area contributed by atoms with E-state index in [-0.39, 0.29) is 5.75 Å². The first kappa shape index (κ1) is 14.2. The van der Waals surface area contributed by atoms with Gasteiger partial charge in [-0.15, -0.1) is 13.2 Å². The Morgan fingerprint density at radius 1 is 1.05 bits per heavy atom. The Morgan fingerprint density at radius 2 is 1.79 bits per heavy atom. The lowest BCUT2D eigenvalue weighted by atomic mass is 10.0. The smallest absolute Gasteiger partial charge is 0.406 e. The first-order chi connectivity index (χ1) is 8.85. The Morgan fingerprint density at radius 3 is 2.37 bits per heavy atom. The average molecular weight is 378 g/mol. The zero-order valence-corrected chi connectivity index (χ0v) is 12.1. The van der Waals surface area contributed by atoms with Crippen molar-refractivity contribution in [2.75, 3.05) is 0 Å². The number of rotatable bonds is 2. The lowest BCUT2D eigenvalue weighted by molar-refractivity contribution is -0.274. The summed E-state index contributed by atoms with van der Waals surface area (Å²) in [6.07, 6.45) is -4.66. The number of ether oxygens (including phenoxy) is 1. The number of aryl methyl sites for hydroxylation is 1. The third kappa shape index (κ3) is 3.86. The van der Waals surface area contributed by atoms with E-state index >= 15 is 0 Å². The minimum Gasteiger partial charge on any atom is -0.406 e. The van der Waals surface area contributed by atoms with Crippen molar-refractivity contribution in [3.8, 4) is 16.9 Å². The molecule has 100 valence electrons. The molecule has 0 heterocycles. The lowest BCUT2D eigenvalue weighted by Crippen LogP contribution is -2.17. The monoisotopic (exact) mass is 378 g/mol. The molecule has 0 aromatic heterocycles. The maximum absolute atomic E-state index is 12.1. The molecule has 2 rings (SSSR count). The Kier molecular flexibility index (Phi) is 4.03. The van der Waals surface area contributed by atoms with Crippen LogP contribution in [0.3, 0.4) is 0 Å². The summed E-state index contributed by atoms with van der Waals surface area (Å²) in [6, 6.07) is 12.1. The highest BCUT2D eigenvalue weighted by molar-refractivity contribution is 14.1. The molecule has 0 aliphatic heterocycles. The second-order valence-electron chi connectivity index (χ2n) is 4.06. The molecule has 2 aromatic rings. The molecule has 0 spiro atoms. The molecule has 0 saturated heterocycles. The zero-order valence-electron chi connectivity index (χ0n) is 9.96. The molecule has 0 N–H and O–H groups in total. The molecule has 0 atom stereocenters. The molecule has 0 fully saturated rings. The highest BCUT2D eigenvalue weighted by atomic mass is 127. The van der Waals surface area contributed by atoms with Gasteiger partial charge in [-0.05, 0) is 58.8 Å². The van der Waals surface area contributed by atoms with Crippen LogP contribution in [0.2, 0.25) is 0 Å². The molecule has 0 saturated carbocycles. The summed E-state index contributed by atoms with van der Waals surface area (Å²) in [5.74, 6) is -0.201. The lowest BCUT2D eigenvalue weighted by Gasteiger charge is -2.11. The second-order valence-corrected chi connectivity index (χ2v) is 5.22. The Labute approximate surface area is 122 Å². The fourth-order valence-electron chi connectivity index (χ4n) is 1.74. The van der Waals surface area contributed by atoms with Gasteiger partial charge < -0.3 is 4.74 Å². The molecule has 0 amide bonds. The van der Waals surface area contributed by atoms with E-state index in [2.05, 4.69) is 4.74 Å². The fourth-order valence-corrected chi connectivity index (χ4v) is 2.54. The highest BCUT2D eigenvalue weighted by Gasteiger charge is 2.31. The van der Waals surface area contributed by atoms with Gasteiger partial charge in [-0.3, -0.25) is 0 Å². The maximum Gasteiger partial charge on any atom is 0.573 e. The van der Waals surface area contributed by atoms with Gasteiger partial charge in [-0.2, -0.15) is 0 Å². The van der Waals surface area contributed by atoms with Crippen LogP contribution < -0.4 is 4.74 Å². The molecule has 1 nitrogen and oxygen atoms in total. The van der Waals surface area contributed by atoms with Gasteiger partial charge in [0.15, 0.2) is 0 Å². The van der Waals surface area contributed by atoms with E-state index in [1.807, 2.05) is 53.8 Å². The topological polar surface area (TPSA) is 9.23 Å². The molecular formula is C14H10F3IO. The number of halogens is 4. The van der Waals surface area contributed by atoms with Gasteiger partial charge in [0.2, 0.25) is 0 Å². The molecule has 5 heteroatoms. The summed E-state index contributed by atoms with van der Waals surface area (Å²) in [6.45, 7) is 1.97. The molecular weight excluding hydrogens is 368 g/mol. The predicted molar refractivity (Wildman–Crippen MR) is 76.0 cm³/mol. The number of hydrogen-bond acceptors (Lipinski definition) is 1. The van der Waals surface area contributed by atoms with Crippen LogP contribution in [0.1, 0.15) is 5.56 Å². The van der Waals surface area contributed by atoms with Crippen LogP contribution >= 0.6 is 22.6 Å². The van der Waals surface area contributed by atoms with E-state index in [0.717, 1.165) is 16.7 Å². The molecule has 0 radical (unpaired) electrons. The summed E-state index contributed by atoms with van der Waals surface area (Å²) in [5.41, 5.74) is 2.96. The van der Waals surface area contributed by atoms with Crippen molar-refractivity contribution in [3.63, 3.8) is 0 Å². The molecule has 0 bridgehead atoms. The molecule has 19 heavy (non-hydrogen) atoms. The minimum absolute atomic E-state index is 0.201. The summed E-state index contributed by atoms with van der Waals surface area (Å²) < 4.78 is 41.0. The van der Waals surface area contributed by atoms with Crippen molar-refractivity contribution >= 4 is 22.6 Å². The van der Waals surface area contributed by atoms with Gasteiger partial charge in [0.1, 0.15) is 5.75 Å². The normalized spacial score (nSPS) is 11.4. The highest BCUT2D eigenvalue weighted by Crippen LogP contribution is 2.31. The van der Waals surface area contributed by atoms with Gasteiger partial charge >= 0.3 is 6.36 Å². The Hall–Kier alpha value is -1.24. The van der Waals surface area contributed by atoms with Gasteiger partial charge in [-0.25, -0.2) is 0 Å². The van der Waals surface area contributed by atoms with Gasteiger partial charge in [0, 0.05) is 3.57 Å². The zero-order chi connectivity index (χ0) is 14.0. The molecule has 2 aromatic carbocycles. The third-order valence-corrected chi connectivity index (χ3v) is 3.40. The molecule has 0 aliphatic carbocycles. The second kappa shape index (κ2) is 5.40. The van der Waals surface area contributed by atoms with Gasteiger partial charge in [-0.1, -0.05) is 29.8 Å². The van der Waals surface area contributed by atoms with Crippen LogP contribution in [0.5, 0.6) is 5.75 Å². The summed E-state index contributed by atoms with van der Waals surface area (Å²) in [5, 5.41) is 0. The maximum atomic E-state index is 12.1. The largest absolute Gasteiger partial charge is 0.573 e. The van der Waals surface area contributed by atoms with Crippen molar-refractivity contribution in [1.29, 1.82) is 0 Å². The van der Waals surface area contributed by atoms with Crippen molar-refractivity contribution < 1.29 is 17.9 Å². The van der Waals surface area contributed by atoms with Crippen molar-refractivity contribution in [2.24, 2.45) is 0 Å². The van der Waals surface area contributed by atoms with Crippen LogP contribution in [-0.2, 0) is 0 Å². The fraction of sp³-hybridized carbons (Fsp3) is 0.143. The number of alkyl halides is 3. The first-order valence-electron chi connectivity index (χ1n) is 5.47. The van der Waals surface area contributed by atoms with E-state index in [4.69, 9.17) is 0 Å². The number of hydrogen-bond donors (Lipinski definition) is 0. The number of benzene rings is 2. The summed E-state index contributed by atoms with van der Waals surface area (Å²) in [4.78, 5) is 0. The van der Waals surface area contributed by atoms with Gasteiger partial charge in [0.05, 0.1) is 0 Å². The predicted octanol–water partition coefficient (Wildman–Crippen LogP) is 5.17. The third-order valence-electron chi connectivity index (χ3n) is 2.50. The Bertz CT molecular complexity index is 593. The summed E-state index contributed by atoms with van der Waals surface area (Å²) in [7, 11) is 0. The van der Waals surface area contributed by atoms with Crippen molar-refractivity contribution in [1.82, 2.24) is 0 Å².